The summed E-state index contributed by atoms with van der Waals surface area (Å²) in [5, 5.41) is 3.10. The Labute approximate surface area is 118 Å². The zero-order valence-electron chi connectivity index (χ0n) is 11.4. The molecular weight excluding hydrogens is 254 g/mol. The molecule has 3 rings (SSSR count). The van der Waals surface area contributed by atoms with Crippen LogP contribution in [0.15, 0.2) is 42.5 Å². The summed E-state index contributed by atoms with van der Waals surface area (Å²) in [6.45, 7) is 1.61. The minimum Gasteiger partial charge on any atom is -0.485 e. The van der Waals surface area contributed by atoms with Gasteiger partial charge in [0.2, 0.25) is 5.75 Å². The first-order valence-electron chi connectivity index (χ1n) is 6.65. The van der Waals surface area contributed by atoms with Crippen LogP contribution in [0.1, 0.15) is 5.56 Å². The second-order valence-corrected chi connectivity index (χ2v) is 4.49. The molecule has 0 saturated heterocycles. The number of nitrogens with one attached hydrogen (secondary N) is 1. The Morgan fingerprint density at radius 3 is 2.50 bits per heavy atom. The second kappa shape index (κ2) is 5.74. The Kier molecular flexibility index (Phi) is 3.63. The van der Waals surface area contributed by atoms with Crippen molar-refractivity contribution in [3.63, 3.8) is 0 Å². The predicted octanol–water partition coefficient (Wildman–Crippen LogP) is 3.08. The van der Waals surface area contributed by atoms with Crippen LogP contribution >= 0.6 is 0 Å². The second-order valence-electron chi connectivity index (χ2n) is 4.49. The topological polar surface area (TPSA) is 39.7 Å². The number of benzene rings is 2. The van der Waals surface area contributed by atoms with Gasteiger partial charge in [-0.3, -0.25) is 0 Å². The Bertz CT molecular complexity index is 584. The van der Waals surface area contributed by atoms with Crippen molar-refractivity contribution >= 4 is 5.69 Å². The van der Waals surface area contributed by atoms with Gasteiger partial charge in [0, 0.05) is 7.05 Å². The largest absolute Gasteiger partial charge is 0.485 e. The summed E-state index contributed by atoms with van der Waals surface area (Å²) in [4.78, 5) is 0. The molecule has 2 aromatic carbocycles. The van der Waals surface area contributed by atoms with Crippen molar-refractivity contribution in [2.24, 2.45) is 0 Å². The summed E-state index contributed by atoms with van der Waals surface area (Å²) < 4.78 is 17.2. The number of rotatable bonds is 4. The van der Waals surface area contributed by atoms with E-state index in [9.17, 15) is 0 Å². The van der Waals surface area contributed by atoms with Crippen LogP contribution in [-0.2, 0) is 6.61 Å². The number of hydrogen-bond donors (Lipinski definition) is 1. The highest BCUT2D eigenvalue weighted by Gasteiger charge is 2.20. The molecule has 2 aromatic rings. The van der Waals surface area contributed by atoms with Crippen molar-refractivity contribution in [1.82, 2.24) is 0 Å². The summed E-state index contributed by atoms with van der Waals surface area (Å²) >= 11 is 0. The average molecular weight is 271 g/mol. The van der Waals surface area contributed by atoms with E-state index < -0.39 is 0 Å². The van der Waals surface area contributed by atoms with Gasteiger partial charge in [-0.2, -0.15) is 0 Å². The summed E-state index contributed by atoms with van der Waals surface area (Å²) in [5.74, 6) is 2.12. The van der Waals surface area contributed by atoms with Gasteiger partial charge in [0.25, 0.3) is 0 Å². The summed E-state index contributed by atoms with van der Waals surface area (Å²) in [7, 11) is 1.86. The van der Waals surface area contributed by atoms with Crippen LogP contribution in [0.2, 0.25) is 0 Å². The van der Waals surface area contributed by atoms with Gasteiger partial charge in [-0.05, 0) is 17.7 Å². The molecule has 0 bridgehead atoms. The maximum absolute atomic E-state index is 5.86. The molecule has 0 fully saturated rings. The summed E-state index contributed by atoms with van der Waals surface area (Å²) in [6.07, 6.45) is 0. The molecule has 4 nitrogen and oxygen atoms in total. The van der Waals surface area contributed by atoms with Gasteiger partial charge in [0.1, 0.15) is 19.8 Å². The third-order valence-electron chi connectivity index (χ3n) is 3.16. The van der Waals surface area contributed by atoms with Gasteiger partial charge >= 0.3 is 0 Å². The van der Waals surface area contributed by atoms with Crippen molar-refractivity contribution in [3.8, 4) is 17.2 Å². The number of ether oxygens (including phenoxy) is 3. The van der Waals surface area contributed by atoms with Crippen LogP contribution in [-0.4, -0.2) is 20.3 Å². The Morgan fingerprint density at radius 1 is 1.00 bits per heavy atom. The van der Waals surface area contributed by atoms with E-state index in [2.05, 4.69) is 5.32 Å². The van der Waals surface area contributed by atoms with Crippen molar-refractivity contribution in [2.45, 2.75) is 6.61 Å². The predicted molar refractivity (Wildman–Crippen MR) is 77.8 cm³/mol. The van der Waals surface area contributed by atoms with Gasteiger partial charge in [-0.1, -0.05) is 30.3 Å². The van der Waals surface area contributed by atoms with E-state index in [1.54, 1.807) is 0 Å². The molecule has 0 unspecified atom stereocenters. The molecule has 1 aliphatic rings. The van der Waals surface area contributed by atoms with Crippen molar-refractivity contribution < 1.29 is 14.2 Å². The molecule has 4 heteroatoms. The molecule has 0 radical (unpaired) electrons. The van der Waals surface area contributed by atoms with Crippen molar-refractivity contribution in [1.29, 1.82) is 0 Å². The van der Waals surface area contributed by atoms with E-state index in [4.69, 9.17) is 14.2 Å². The van der Waals surface area contributed by atoms with Crippen LogP contribution in [0.25, 0.3) is 0 Å². The highest BCUT2D eigenvalue weighted by atomic mass is 16.6. The molecule has 20 heavy (non-hydrogen) atoms. The highest BCUT2D eigenvalue weighted by Crippen LogP contribution is 2.44. The Balaban J connectivity index is 1.83. The first-order valence-corrected chi connectivity index (χ1v) is 6.65. The number of fused-ring (bicyclic) bond motifs is 1. The van der Waals surface area contributed by atoms with Gasteiger partial charge in [-0.25, -0.2) is 0 Å². The van der Waals surface area contributed by atoms with E-state index in [1.807, 2.05) is 49.5 Å². The van der Waals surface area contributed by atoms with E-state index in [-0.39, 0.29) is 0 Å². The standard InChI is InChI=1S/C16H17NO3/c1-17-13-7-8-14(16-15(13)18-9-10-19-16)20-11-12-5-3-2-4-6-12/h2-8,17H,9-11H2,1H3. The SMILES string of the molecule is CNc1ccc(OCc2ccccc2)c2c1OCCO2. The van der Waals surface area contributed by atoms with Crippen molar-refractivity contribution in [3.05, 3.63) is 48.0 Å². The van der Waals surface area contributed by atoms with Gasteiger partial charge < -0.3 is 19.5 Å². The molecule has 0 spiro atoms. The minimum atomic E-state index is 0.509. The quantitative estimate of drug-likeness (QED) is 0.927. The van der Waals surface area contributed by atoms with Gasteiger partial charge in [0.15, 0.2) is 11.5 Å². The lowest BCUT2D eigenvalue weighted by molar-refractivity contribution is 0.162. The van der Waals surface area contributed by atoms with Crippen LogP contribution in [0.5, 0.6) is 17.2 Å². The van der Waals surface area contributed by atoms with Crippen LogP contribution < -0.4 is 19.5 Å². The number of hydrogen-bond acceptors (Lipinski definition) is 4. The third kappa shape index (κ3) is 2.50. The highest BCUT2D eigenvalue weighted by molar-refractivity contribution is 5.68. The molecule has 104 valence electrons. The molecule has 1 aliphatic heterocycles. The molecule has 1 N–H and O–H groups in total. The fourth-order valence-corrected chi connectivity index (χ4v) is 2.16. The first-order chi connectivity index (χ1) is 9.88. The number of anilines is 1. The fraction of sp³-hybridized carbons (Fsp3) is 0.250. The molecule has 1 heterocycles. The average Bonchev–Trinajstić information content (AvgIpc) is 2.53. The Hall–Kier alpha value is -2.36. The van der Waals surface area contributed by atoms with Crippen LogP contribution in [0.3, 0.4) is 0 Å². The molecule has 0 amide bonds. The molecule has 0 aromatic heterocycles. The van der Waals surface area contributed by atoms with Crippen molar-refractivity contribution in [2.75, 3.05) is 25.6 Å². The summed E-state index contributed by atoms with van der Waals surface area (Å²) in [5.41, 5.74) is 2.03. The fourth-order valence-electron chi connectivity index (χ4n) is 2.16. The van der Waals surface area contributed by atoms with Gasteiger partial charge in [0.05, 0.1) is 5.69 Å². The van der Waals surface area contributed by atoms with Crippen LogP contribution in [0, 0.1) is 0 Å². The zero-order chi connectivity index (χ0) is 13.8. The van der Waals surface area contributed by atoms with Crippen LogP contribution in [0.4, 0.5) is 5.69 Å². The monoisotopic (exact) mass is 271 g/mol. The summed E-state index contributed by atoms with van der Waals surface area (Å²) in [6, 6.07) is 13.9. The minimum absolute atomic E-state index is 0.509. The third-order valence-corrected chi connectivity index (χ3v) is 3.16. The lowest BCUT2D eigenvalue weighted by Crippen LogP contribution is -2.17. The molecule has 0 aliphatic carbocycles. The lowest BCUT2D eigenvalue weighted by atomic mass is 10.2. The lowest BCUT2D eigenvalue weighted by Gasteiger charge is -2.23. The van der Waals surface area contributed by atoms with E-state index >= 15 is 0 Å². The Morgan fingerprint density at radius 2 is 1.75 bits per heavy atom. The molecular formula is C16H17NO3. The van der Waals surface area contributed by atoms with E-state index in [1.165, 1.54) is 0 Å². The van der Waals surface area contributed by atoms with Gasteiger partial charge in [-0.15, -0.1) is 0 Å². The molecule has 0 atom stereocenters. The zero-order valence-corrected chi connectivity index (χ0v) is 11.4. The molecule has 0 saturated carbocycles. The maximum Gasteiger partial charge on any atom is 0.205 e. The van der Waals surface area contributed by atoms with E-state index in [0.717, 1.165) is 17.0 Å². The van der Waals surface area contributed by atoms with E-state index in [0.29, 0.717) is 31.3 Å². The first kappa shape index (κ1) is 12.7. The maximum atomic E-state index is 5.86. The smallest absolute Gasteiger partial charge is 0.205 e. The normalized spacial score (nSPS) is 12.8.